The maximum absolute atomic E-state index is 12.7. The Kier molecular flexibility index (Phi) is 6.11. The smallest absolute Gasteiger partial charge is 0.323 e. The van der Waals surface area contributed by atoms with Crippen LogP contribution in [0.15, 0.2) is 36.4 Å². The predicted octanol–water partition coefficient (Wildman–Crippen LogP) is 3.96. The first-order chi connectivity index (χ1) is 14.9. The topological polar surface area (TPSA) is 99.0 Å². The molecule has 0 bridgehead atoms. The Morgan fingerprint density at radius 1 is 1.13 bits per heavy atom. The number of anilines is 1. The highest BCUT2D eigenvalue weighted by Gasteiger charge is 2.23. The number of rotatable bonds is 3. The van der Waals surface area contributed by atoms with Gasteiger partial charge in [0.25, 0.3) is 0 Å². The molecule has 0 unspecified atom stereocenters. The van der Waals surface area contributed by atoms with Gasteiger partial charge in [-0.25, -0.2) is 9.78 Å². The Bertz CT molecular complexity index is 1180. The second-order valence-electron chi connectivity index (χ2n) is 7.29. The van der Waals surface area contributed by atoms with Gasteiger partial charge in [0.15, 0.2) is 5.13 Å². The van der Waals surface area contributed by atoms with Crippen LogP contribution in [0.4, 0.5) is 9.93 Å². The molecule has 0 atom stereocenters. The van der Waals surface area contributed by atoms with Gasteiger partial charge in [-0.05, 0) is 43.7 Å². The van der Waals surface area contributed by atoms with Crippen LogP contribution in [0.2, 0.25) is 0 Å². The van der Waals surface area contributed by atoms with Crippen molar-refractivity contribution >= 4 is 33.3 Å². The maximum Gasteiger partial charge on any atom is 0.323 e. The molecule has 3 heterocycles. The highest BCUT2D eigenvalue weighted by molar-refractivity contribution is 7.85. The third-order valence-corrected chi connectivity index (χ3v) is 7.21. The molecule has 2 amide bonds. The lowest BCUT2D eigenvalue weighted by Crippen LogP contribution is -2.43. The maximum atomic E-state index is 12.7. The second kappa shape index (κ2) is 8.96. The van der Waals surface area contributed by atoms with E-state index in [9.17, 15) is 14.3 Å². The van der Waals surface area contributed by atoms with E-state index in [-0.39, 0.29) is 6.03 Å². The van der Waals surface area contributed by atoms with E-state index in [1.807, 2.05) is 38.1 Å². The first-order valence-electron chi connectivity index (χ1n) is 9.81. The third-order valence-electron chi connectivity index (χ3n) is 4.91. The molecule has 0 spiro atoms. The Balaban J connectivity index is 1.72. The zero-order valence-electron chi connectivity index (χ0n) is 17.2. The lowest BCUT2D eigenvalue weighted by molar-refractivity contribution is 0.216. The molecule has 1 N–H and O–H groups in total. The molecule has 31 heavy (non-hydrogen) atoms. The Morgan fingerprint density at radius 2 is 1.84 bits per heavy atom. The molecule has 9 heteroatoms. The minimum atomic E-state index is -0.848. The minimum absolute atomic E-state index is 0.239. The van der Waals surface area contributed by atoms with Crippen LogP contribution < -0.4 is 5.32 Å². The summed E-state index contributed by atoms with van der Waals surface area (Å²) in [7, 11) is -0.848. The number of thiazole rings is 1. The van der Waals surface area contributed by atoms with Crippen molar-refractivity contribution in [3.63, 3.8) is 0 Å². The van der Waals surface area contributed by atoms with Crippen LogP contribution in [-0.2, 0) is 10.8 Å². The van der Waals surface area contributed by atoms with Gasteiger partial charge in [-0.1, -0.05) is 23.5 Å². The van der Waals surface area contributed by atoms with E-state index in [0.717, 1.165) is 27.4 Å². The number of nitrogens with zero attached hydrogens (tertiary/aromatic N) is 4. The predicted molar refractivity (Wildman–Crippen MR) is 123 cm³/mol. The standard InChI is InChI=1S/C22H21N5O2S2/c1-14-10-18(11-15(2)24-14)20-19(17-5-3-4-16(12-17)13-23)25-21(30-20)26-22(28)27-6-8-31(29)9-7-27/h3-5,10-12H,6-9H2,1-2H3,(H,25,26,28). The average Bonchev–Trinajstić information content (AvgIpc) is 3.17. The number of aromatic nitrogens is 2. The fourth-order valence-electron chi connectivity index (χ4n) is 3.48. The Hall–Kier alpha value is -3.09. The van der Waals surface area contributed by atoms with Gasteiger partial charge in [-0.3, -0.25) is 14.5 Å². The molecule has 158 valence electrons. The van der Waals surface area contributed by atoms with Gasteiger partial charge in [-0.2, -0.15) is 5.26 Å². The Morgan fingerprint density at radius 3 is 2.52 bits per heavy atom. The molecular formula is C22H21N5O2S2. The molecule has 0 aliphatic carbocycles. The van der Waals surface area contributed by atoms with E-state index >= 15 is 0 Å². The lowest BCUT2D eigenvalue weighted by atomic mass is 10.0. The molecule has 1 fully saturated rings. The molecule has 1 aliphatic heterocycles. The molecule has 4 rings (SSSR count). The number of nitriles is 1. The van der Waals surface area contributed by atoms with Crippen molar-refractivity contribution in [2.24, 2.45) is 0 Å². The largest absolute Gasteiger partial charge is 0.323 e. The van der Waals surface area contributed by atoms with Crippen LogP contribution >= 0.6 is 11.3 Å². The van der Waals surface area contributed by atoms with Crippen LogP contribution in [0.5, 0.6) is 0 Å². The number of urea groups is 1. The molecule has 0 saturated carbocycles. The van der Waals surface area contributed by atoms with Crippen molar-refractivity contribution in [1.29, 1.82) is 5.26 Å². The molecule has 1 saturated heterocycles. The highest BCUT2D eigenvalue weighted by atomic mass is 32.2. The van der Waals surface area contributed by atoms with Gasteiger partial charge in [-0.15, -0.1) is 0 Å². The van der Waals surface area contributed by atoms with Gasteiger partial charge in [0.1, 0.15) is 0 Å². The zero-order chi connectivity index (χ0) is 22.0. The van der Waals surface area contributed by atoms with E-state index in [1.165, 1.54) is 11.3 Å². The van der Waals surface area contributed by atoms with Gasteiger partial charge < -0.3 is 4.90 Å². The zero-order valence-corrected chi connectivity index (χ0v) is 18.8. The van der Waals surface area contributed by atoms with Crippen molar-refractivity contribution in [3.8, 4) is 27.8 Å². The van der Waals surface area contributed by atoms with E-state index in [1.54, 1.807) is 17.0 Å². The highest BCUT2D eigenvalue weighted by Crippen LogP contribution is 2.39. The number of aryl methyl sites for hydroxylation is 2. The van der Waals surface area contributed by atoms with E-state index < -0.39 is 10.8 Å². The van der Waals surface area contributed by atoms with E-state index in [2.05, 4.69) is 16.4 Å². The van der Waals surface area contributed by atoms with Crippen molar-refractivity contribution in [2.75, 3.05) is 29.9 Å². The van der Waals surface area contributed by atoms with Gasteiger partial charge in [0.2, 0.25) is 0 Å². The summed E-state index contributed by atoms with van der Waals surface area (Å²) in [5, 5.41) is 12.7. The third kappa shape index (κ3) is 4.81. The molecule has 7 nitrogen and oxygen atoms in total. The summed E-state index contributed by atoms with van der Waals surface area (Å²) >= 11 is 1.39. The fourth-order valence-corrected chi connectivity index (χ4v) is 5.49. The number of carbonyl (C=O) groups excluding carboxylic acids is 1. The summed E-state index contributed by atoms with van der Waals surface area (Å²) in [4.78, 5) is 24.4. The van der Waals surface area contributed by atoms with Crippen molar-refractivity contribution in [2.45, 2.75) is 13.8 Å². The van der Waals surface area contributed by atoms with Crippen LogP contribution in [0.25, 0.3) is 21.7 Å². The van der Waals surface area contributed by atoms with Gasteiger partial charge in [0, 0.05) is 52.3 Å². The summed E-state index contributed by atoms with van der Waals surface area (Å²) in [5.74, 6) is 0.997. The number of nitrogens with one attached hydrogen (secondary N) is 1. The fraction of sp³-hybridized carbons (Fsp3) is 0.273. The summed E-state index contributed by atoms with van der Waals surface area (Å²) in [6.45, 7) is 4.82. The SMILES string of the molecule is Cc1cc(-c2sc(NC(=O)N3CCS(=O)CC3)nc2-c2cccc(C#N)c2)cc(C)n1. The monoisotopic (exact) mass is 451 g/mol. The molecular weight excluding hydrogens is 430 g/mol. The van der Waals surface area contributed by atoms with Gasteiger partial charge in [0.05, 0.1) is 22.2 Å². The second-order valence-corrected chi connectivity index (χ2v) is 9.99. The van der Waals surface area contributed by atoms with Crippen molar-refractivity contribution in [3.05, 3.63) is 53.3 Å². The number of carbonyl (C=O) groups is 1. The number of benzene rings is 1. The minimum Gasteiger partial charge on any atom is -0.323 e. The normalized spacial score (nSPS) is 14.3. The quantitative estimate of drug-likeness (QED) is 0.650. The van der Waals surface area contributed by atoms with Crippen molar-refractivity contribution < 1.29 is 9.00 Å². The number of amides is 2. The molecule has 1 aromatic carbocycles. The Labute approximate surface area is 187 Å². The molecule has 2 aromatic heterocycles. The first kappa shape index (κ1) is 21.2. The summed E-state index contributed by atoms with van der Waals surface area (Å²) < 4.78 is 11.6. The van der Waals surface area contributed by atoms with Crippen LogP contribution in [0.3, 0.4) is 0 Å². The first-order valence-corrected chi connectivity index (χ1v) is 12.1. The van der Waals surface area contributed by atoms with E-state index in [0.29, 0.717) is 41.0 Å². The number of pyridine rings is 1. The van der Waals surface area contributed by atoms with E-state index in [4.69, 9.17) is 4.98 Å². The molecule has 1 aliphatic rings. The average molecular weight is 452 g/mol. The summed E-state index contributed by atoms with van der Waals surface area (Å²) in [6, 6.07) is 13.2. The molecule has 3 aromatic rings. The van der Waals surface area contributed by atoms with Crippen LogP contribution in [-0.4, -0.2) is 49.7 Å². The van der Waals surface area contributed by atoms with Gasteiger partial charge >= 0.3 is 6.03 Å². The van der Waals surface area contributed by atoms with Crippen molar-refractivity contribution in [1.82, 2.24) is 14.9 Å². The number of hydrogen-bond donors (Lipinski definition) is 1. The molecule has 0 radical (unpaired) electrons. The van der Waals surface area contributed by atoms with Crippen LogP contribution in [0, 0.1) is 25.2 Å². The summed E-state index contributed by atoms with van der Waals surface area (Å²) in [6.07, 6.45) is 0. The number of hydrogen-bond acceptors (Lipinski definition) is 6. The lowest BCUT2D eigenvalue weighted by Gasteiger charge is -2.25. The van der Waals surface area contributed by atoms with Crippen LogP contribution in [0.1, 0.15) is 17.0 Å². The summed E-state index contributed by atoms with van der Waals surface area (Å²) in [5.41, 5.74) is 4.83.